The maximum Gasteiger partial charge on any atom is 0.110 e. The van der Waals surface area contributed by atoms with E-state index in [0.717, 1.165) is 5.56 Å². The fourth-order valence-electron chi connectivity index (χ4n) is 0.906. The van der Waals surface area contributed by atoms with Gasteiger partial charge in [-0.1, -0.05) is 26.0 Å². The lowest BCUT2D eigenvalue weighted by atomic mass is 10.0. The highest BCUT2D eigenvalue weighted by Gasteiger charge is 1.97. The lowest BCUT2D eigenvalue weighted by Crippen LogP contribution is -1.86. The predicted molar refractivity (Wildman–Crippen MR) is 57.0 cm³/mol. The summed E-state index contributed by atoms with van der Waals surface area (Å²) in [5.74, 6) is 0.524. The topological polar surface area (TPSA) is 9.23 Å². The van der Waals surface area contributed by atoms with E-state index in [9.17, 15) is 0 Å². The molecule has 0 aliphatic carbocycles. The molecule has 1 nitrogen and oxygen atoms in total. The van der Waals surface area contributed by atoms with E-state index < -0.39 is 0 Å². The zero-order valence-corrected chi connectivity index (χ0v) is 9.38. The monoisotopic (exact) mass is 274 g/mol. The van der Waals surface area contributed by atoms with E-state index in [2.05, 4.69) is 32.0 Å². The molecule has 0 aliphatic heterocycles. The minimum absolute atomic E-state index is 0.524. The van der Waals surface area contributed by atoms with Gasteiger partial charge in [-0.25, -0.2) is 0 Å². The molecule has 1 aromatic rings. The molecule has 0 atom stereocenters. The Morgan fingerprint density at radius 2 is 2.17 bits per heavy atom. The summed E-state index contributed by atoms with van der Waals surface area (Å²) in [5, 5.41) is 0. The van der Waals surface area contributed by atoms with Crippen molar-refractivity contribution < 1.29 is 3.07 Å². The number of rotatable bonds is 3. The molecule has 0 radical (unpaired) electrons. The molecule has 0 bridgehead atoms. The Balaban J connectivity index is 2.71. The normalized spacial score (nSPS) is 10.0. The SMILES string of the molecule is CC(C)c1c#cc(COI)cc1. The van der Waals surface area contributed by atoms with Crippen LogP contribution in [0.15, 0.2) is 12.1 Å². The molecule has 0 unspecified atom stereocenters. The summed E-state index contributed by atoms with van der Waals surface area (Å²) in [5.41, 5.74) is 2.25. The van der Waals surface area contributed by atoms with Crippen LogP contribution in [0.1, 0.15) is 30.9 Å². The van der Waals surface area contributed by atoms with Crippen LogP contribution in [0.4, 0.5) is 0 Å². The molecule has 64 valence electrons. The first-order chi connectivity index (χ1) is 5.74. The van der Waals surface area contributed by atoms with Crippen molar-refractivity contribution >= 4 is 23.0 Å². The van der Waals surface area contributed by atoms with Gasteiger partial charge in [-0.05, 0) is 18.1 Å². The molecule has 0 fully saturated rings. The van der Waals surface area contributed by atoms with Crippen LogP contribution in [0.2, 0.25) is 0 Å². The molecular formula is C10H11IO. The lowest BCUT2D eigenvalue weighted by molar-refractivity contribution is 0.418. The summed E-state index contributed by atoms with van der Waals surface area (Å²) in [6, 6.07) is 10.3. The third-order valence-electron chi connectivity index (χ3n) is 1.66. The fraction of sp³-hybridized carbons (Fsp3) is 0.400. The van der Waals surface area contributed by atoms with E-state index in [0.29, 0.717) is 12.5 Å². The van der Waals surface area contributed by atoms with Crippen LogP contribution in [0.3, 0.4) is 0 Å². The summed E-state index contributed by atoms with van der Waals surface area (Å²) in [7, 11) is 0. The summed E-state index contributed by atoms with van der Waals surface area (Å²) in [6.07, 6.45) is 0. The molecule has 0 aliphatic rings. The Hall–Kier alpha value is -0.270. The van der Waals surface area contributed by atoms with Gasteiger partial charge in [0, 0.05) is 11.1 Å². The molecule has 0 heterocycles. The van der Waals surface area contributed by atoms with Crippen molar-refractivity contribution in [3.63, 3.8) is 0 Å². The molecule has 0 aromatic heterocycles. The maximum atomic E-state index is 4.95. The quantitative estimate of drug-likeness (QED) is 0.768. The van der Waals surface area contributed by atoms with Gasteiger partial charge in [0.05, 0.1) is 6.61 Å². The standard InChI is InChI=1S/C10H11IO/c1-8(2)10-5-3-9(4-6-10)7-12-11/h3,5,8H,7H2,1-2H3. The molecular weight excluding hydrogens is 263 g/mol. The smallest absolute Gasteiger partial charge is 0.110 e. The van der Waals surface area contributed by atoms with E-state index in [-0.39, 0.29) is 0 Å². The van der Waals surface area contributed by atoms with Crippen LogP contribution < -0.4 is 0 Å². The maximum absolute atomic E-state index is 4.95. The average molecular weight is 274 g/mol. The summed E-state index contributed by atoms with van der Waals surface area (Å²) >= 11 is 1.88. The van der Waals surface area contributed by atoms with Crippen LogP contribution in [-0.4, -0.2) is 0 Å². The Bertz CT molecular complexity index is 228. The van der Waals surface area contributed by atoms with Gasteiger partial charge in [0.15, 0.2) is 0 Å². The van der Waals surface area contributed by atoms with E-state index in [1.54, 1.807) is 0 Å². The molecule has 0 saturated heterocycles. The van der Waals surface area contributed by atoms with Gasteiger partial charge >= 0.3 is 0 Å². The fourth-order valence-corrected chi connectivity index (χ4v) is 1.24. The second kappa shape index (κ2) is 4.68. The van der Waals surface area contributed by atoms with Crippen molar-refractivity contribution in [2.24, 2.45) is 0 Å². The van der Waals surface area contributed by atoms with Crippen molar-refractivity contribution in [3.8, 4) is 0 Å². The molecule has 1 aromatic carbocycles. The first kappa shape index (κ1) is 9.82. The number of hydrogen-bond acceptors (Lipinski definition) is 1. The van der Waals surface area contributed by atoms with Gasteiger partial charge in [-0.2, -0.15) is 0 Å². The lowest BCUT2D eigenvalue weighted by Gasteiger charge is -2.00. The minimum Gasteiger partial charge on any atom is -0.310 e. The second-order valence-electron chi connectivity index (χ2n) is 2.97. The van der Waals surface area contributed by atoms with E-state index in [1.165, 1.54) is 5.56 Å². The largest absolute Gasteiger partial charge is 0.310 e. The first-order valence-corrected chi connectivity index (χ1v) is 4.78. The van der Waals surface area contributed by atoms with E-state index in [4.69, 9.17) is 3.07 Å². The zero-order valence-electron chi connectivity index (χ0n) is 7.23. The second-order valence-corrected chi connectivity index (χ2v) is 3.59. The molecule has 0 saturated carbocycles. The number of hydrogen-bond donors (Lipinski definition) is 0. The Kier molecular flexibility index (Phi) is 3.83. The molecule has 12 heavy (non-hydrogen) atoms. The molecule has 2 heteroatoms. The molecule has 0 N–H and O–H groups in total. The highest BCUT2D eigenvalue weighted by molar-refractivity contribution is 14.1. The van der Waals surface area contributed by atoms with Crippen molar-refractivity contribution in [1.82, 2.24) is 0 Å². The summed E-state index contributed by atoms with van der Waals surface area (Å²) in [4.78, 5) is 0. The van der Waals surface area contributed by atoms with Crippen LogP contribution in [0.25, 0.3) is 0 Å². The number of halogens is 1. The Morgan fingerprint density at radius 3 is 2.58 bits per heavy atom. The van der Waals surface area contributed by atoms with Crippen LogP contribution in [0, 0.1) is 12.1 Å². The highest BCUT2D eigenvalue weighted by Crippen LogP contribution is 2.11. The van der Waals surface area contributed by atoms with Gasteiger partial charge in [-0.15, -0.1) is 0 Å². The highest BCUT2D eigenvalue weighted by atomic mass is 127. The average Bonchev–Trinajstić information content (AvgIpc) is 2.06. The van der Waals surface area contributed by atoms with Crippen molar-refractivity contribution in [2.45, 2.75) is 26.4 Å². The predicted octanol–water partition coefficient (Wildman–Crippen LogP) is 3.28. The first-order valence-electron chi connectivity index (χ1n) is 3.90. The zero-order chi connectivity index (χ0) is 8.97. The molecule has 1 rings (SSSR count). The molecule has 0 amide bonds. The summed E-state index contributed by atoms with van der Waals surface area (Å²) in [6.45, 7) is 4.90. The minimum atomic E-state index is 0.524. The van der Waals surface area contributed by atoms with Gasteiger partial charge in [-0.3, -0.25) is 0 Å². The van der Waals surface area contributed by atoms with Crippen LogP contribution in [0.5, 0.6) is 0 Å². The van der Waals surface area contributed by atoms with Gasteiger partial charge in [0.25, 0.3) is 0 Å². The van der Waals surface area contributed by atoms with Gasteiger partial charge < -0.3 is 3.07 Å². The third-order valence-corrected chi connectivity index (χ3v) is 1.97. The van der Waals surface area contributed by atoms with Crippen LogP contribution >= 0.6 is 23.0 Å². The van der Waals surface area contributed by atoms with E-state index >= 15 is 0 Å². The van der Waals surface area contributed by atoms with Crippen molar-refractivity contribution in [2.75, 3.05) is 0 Å². The molecule has 0 spiro atoms. The Labute approximate surface area is 87.8 Å². The van der Waals surface area contributed by atoms with Gasteiger partial charge in [0.1, 0.15) is 23.0 Å². The Morgan fingerprint density at radius 1 is 1.42 bits per heavy atom. The van der Waals surface area contributed by atoms with E-state index in [1.807, 2.05) is 29.1 Å². The summed E-state index contributed by atoms with van der Waals surface area (Å²) < 4.78 is 4.95. The van der Waals surface area contributed by atoms with Gasteiger partial charge in [0.2, 0.25) is 0 Å². The van der Waals surface area contributed by atoms with Crippen LogP contribution in [-0.2, 0) is 9.67 Å². The van der Waals surface area contributed by atoms with Crippen molar-refractivity contribution in [1.29, 1.82) is 0 Å². The third kappa shape index (κ3) is 2.65. The van der Waals surface area contributed by atoms with Crippen molar-refractivity contribution in [3.05, 3.63) is 35.4 Å².